The molecule has 3 aromatic rings. The van der Waals surface area contributed by atoms with Crippen LogP contribution in [0.3, 0.4) is 0 Å². The molecular formula is C18H18N2O3S. The Kier molecular flexibility index (Phi) is 4.15. The molecule has 0 aliphatic carbocycles. The molecule has 5 nitrogen and oxygen atoms in total. The summed E-state index contributed by atoms with van der Waals surface area (Å²) in [6.45, 7) is 5.55. The van der Waals surface area contributed by atoms with Gasteiger partial charge in [-0.15, -0.1) is 0 Å². The summed E-state index contributed by atoms with van der Waals surface area (Å²) in [4.78, 5) is 4.24. The summed E-state index contributed by atoms with van der Waals surface area (Å²) in [5.74, 6) is 1.18. The van der Waals surface area contributed by atoms with E-state index < -0.39 is 10.0 Å². The van der Waals surface area contributed by atoms with Crippen molar-refractivity contribution in [2.24, 2.45) is 0 Å². The topological polar surface area (TPSA) is 72.2 Å². The van der Waals surface area contributed by atoms with Gasteiger partial charge in [-0.25, -0.2) is 13.4 Å². The Bertz CT molecular complexity index is 974. The van der Waals surface area contributed by atoms with E-state index in [1.165, 1.54) is 0 Å². The fraction of sp³-hybridized carbons (Fsp3) is 0.167. The van der Waals surface area contributed by atoms with E-state index in [-0.39, 0.29) is 4.90 Å². The zero-order valence-corrected chi connectivity index (χ0v) is 14.5. The lowest BCUT2D eigenvalue weighted by Crippen LogP contribution is -2.13. The SMILES string of the molecule is Cc1ccc(C)c(NS(=O)(=O)c2ccc(-c3cnc(C)o3)cc2)c1. The van der Waals surface area contributed by atoms with Gasteiger partial charge >= 0.3 is 0 Å². The van der Waals surface area contributed by atoms with Crippen LogP contribution in [0.15, 0.2) is 58.0 Å². The molecule has 2 aromatic carbocycles. The van der Waals surface area contributed by atoms with Crippen molar-refractivity contribution < 1.29 is 12.8 Å². The highest BCUT2D eigenvalue weighted by Gasteiger charge is 2.16. The molecule has 124 valence electrons. The molecule has 24 heavy (non-hydrogen) atoms. The number of hydrogen-bond donors (Lipinski definition) is 1. The molecule has 0 radical (unpaired) electrons. The number of rotatable bonds is 4. The van der Waals surface area contributed by atoms with Gasteiger partial charge in [0.1, 0.15) is 0 Å². The van der Waals surface area contributed by atoms with Crippen LogP contribution in [0.1, 0.15) is 17.0 Å². The Labute approximate surface area is 141 Å². The third-order valence-corrected chi connectivity index (χ3v) is 5.09. The van der Waals surface area contributed by atoms with E-state index in [0.29, 0.717) is 17.3 Å². The lowest BCUT2D eigenvalue weighted by molar-refractivity contribution is 0.534. The molecule has 1 N–H and O–H groups in total. The molecule has 0 unspecified atom stereocenters. The van der Waals surface area contributed by atoms with Crippen molar-refractivity contribution in [3.8, 4) is 11.3 Å². The summed E-state index contributed by atoms with van der Waals surface area (Å²) in [7, 11) is -3.64. The number of anilines is 1. The first kappa shape index (κ1) is 16.3. The summed E-state index contributed by atoms with van der Waals surface area (Å²) in [6, 6.07) is 12.2. The maximum atomic E-state index is 12.6. The Morgan fingerprint density at radius 2 is 1.71 bits per heavy atom. The van der Waals surface area contributed by atoms with Crippen LogP contribution < -0.4 is 4.72 Å². The first-order chi connectivity index (χ1) is 11.3. The largest absolute Gasteiger partial charge is 0.441 e. The van der Waals surface area contributed by atoms with Crippen molar-refractivity contribution in [2.75, 3.05) is 4.72 Å². The molecular weight excluding hydrogens is 324 g/mol. The van der Waals surface area contributed by atoms with Gasteiger partial charge in [0.25, 0.3) is 10.0 Å². The van der Waals surface area contributed by atoms with Crippen LogP contribution in [-0.2, 0) is 10.0 Å². The lowest BCUT2D eigenvalue weighted by Gasteiger charge is -2.11. The second kappa shape index (κ2) is 6.13. The highest BCUT2D eigenvalue weighted by molar-refractivity contribution is 7.92. The second-order valence-electron chi connectivity index (χ2n) is 5.69. The molecule has 0 atom stereocenters. The van der Waals surface area contributed by atoms with Crippen LogP contribution in [0.4, 0.5) is 5.69 Å². The molecule has 0 aliphatic heterocycles. The van der Waals surface area contributed by atoms with Gasteiger partial charge in [0.05, 0.1) is 16.8 Å². The van der Waals surface area contributed by atoms with Crippen LogP contribution in [0, 0.1) is 20.8 Å². The maximum absolute atomic E-state index is 12.6. The molecule has 1 aromatic heterocycles. The van der Waals surface area contributed by atoms with Gasteiger partial charge in [-0.2, -0.15) is 0 Å². The Morgan fingerprint density at radius 1 is 1.00 bits per heavy atom. The van der Waals surface area contributed by atoms with E-state index >= 15 is 0 Å². The van der Waals surface area contributed by atoms with Crippen molar-refractivity contribution in [3.05, 3.63) is 65.7 Å². The predicted molar refractivity (Wildman–Crippen MR) is 93.4 cm³/mol. The standard InChI is InChI=1S/C18H18N2O3S/c1-12-4-5-13(2)17(10-12)20-24(21,22)16-8-6-15(7-9-16)18-11-19-14(3)23-18/h4-11,20H,1-3H3. The van der Waals surface area contributed by atoms with Crippen molar-refractivity contribution in [2.45, 2.75) is 25.7 Å². The fourth-order valence-corrected chi connectivity index (χ4v) is 3.46. The Balaban J connectivity index is 1.88. The van der Waals surface area contributed by atoms with E-state index in [1.54, 1.807) is 37.4 Å². The van der Waals surface area contributed by atoms with Gasteiger partial charge in [-0.3, -0.25) is 4.72 Å². The van der Waals surface area contributed by atoms with Gasteiger partial charge in [0.2, 0.25) is 0 Å². The number of benzene rings is 2. The lowest BCUT2D eigenvalue weighted by atomic mass is 10.1. The monoisotopic (exact) mass is 342 g/mol. The van der Waals surface area contributed by atoms with E-state index in [0.717, 1.165) is 16.7 Å². The third-order valence-electron chi connectivity index (χ3n) is 3.71. The highest BCUT2D eigenvalue weighted by atomic mass is 32.2. The van der Waals surface area contributed by atoms with Gasteiger partial charge in [0.15, 0.2) is 11.7 Å². The van der Waals surface area contributed by atoms with Crippen LogP contribution in [0.5, 0.6) is 0 Å². The summed E-state index contributed by atoms with van der Waals surface area (Å²) in [6.07, 6.45) is 1.62. The first-order valence-corrected chi connectivity index (χ1v) is 8.96. The summed E-state index contributed by atoms with van der Waals surface area (Å²) < 4.78 is 33.2. The molecule has 0 spiro atoms. The van der Waals surface area contributed by atoms with E-state index in [1.807, 2.05) is 32.0 Å². The molecule has 0 bridgehead atoms. The average molecular weight is 342 g/mol. The predicted octanol–water partition coefficient (Wildman–Crippen LogP) is 4.07. The zero-order valence-electron chi connectivity index (χ0n) is 13.7. The van der Waals surface area contributed by atoms with E-state index in [9.17, 15) is 8.42 Å². The number of aromatic nitrogens is 1. The van der Waals surface area contributed by atoms with Crippen molar-refractivity contribution in [1.82, 2.24) is 4.98 Å². The number of aryl methyl sites for hydroxylation is 3. The minimum Gasteiger partial charge on any atom is -0.441 e. The smallest absolute Gasteiger partial charge is 0.261 e. The first-order valence-electron chi connectivity index (χ1n) is 7.48. The number of nitrogens with one attached hydrogen (secondary N) is 1. The third kappa shape index (κ3) is 3.33. The summed E-state index contributed by atoms with van der Waals surface area (Å²) in [5, 5.41) is 0. The van der Waals surface area contributed by atoms with Crippen molar-refractivity contribution in [3.63, 3.8) is 0 Å². The molecule has 0 fully saturated rings. The number of nitrogens with zero attached hydrogens (tertiary/aromatic N) is 1. The van der Waals surface area contributed by atoms with Crippen LogP contribution in [-0.4, -0.2) is 13.4 Å². The molecule has 3 rings (SSSR count). The van der Waals surface area contributed by atoms with Gasteiger partial charge in [-0.1, -0.05) is 12.1 Å². The number of sulfonamides is 1. The number of oxazole rings is 1. The highest BCUT2D eigenvalue weighted by Crippen LogP contribution is 2.24. The minimum atomic E-state index is -3.64. The number of hydrogen-bond acceptors (Lipinski definition) is 4. The maximum Gasteiger partial charge on any atom is 0.261 e. The zero-order chi connectivity index (χ0) is 17.3. The molecule has 0 amide bonds. The summed E-state index contributed by atoms with van der Waals surface area (Å²) >= 11 is 0. The van der Waals surface area contributed by atoms with E-state index in [2.05, 4.69) is 9.71 Å². The second-order valence-corrected chi connectivity index (χ2v) is 7.37. The quantitative estimate of drug-likeness (QED) is 0.776. The molecule has 0 saturated carbocycles. The van der Waals surface area contributed by atoms with Gasteiger partial charge in [0, 0.05) is 12.5 Å². The molecule has 0 saturated heterocycles. The average Bonchev–Trinajstić information content (AvgIpc) is 2.97. The van der Waals surface area contributed by atoms with Crippen molar-refractivity contribution in [1.29, 1.82) is 0 Å². The van der Waals surface area contributed by atoms with Crippen molar-refractivity contribution >= 4 is 15.7 Å². The van der Waals surface area contributed by atoms with Gasteiger partial charge < -0.3 is 4.42 Å². The molecule has 0 aliphatic rings. The fourth-order valence-electron chi connectivity index (χ4n) is 2.34. The summed E-state index contributed by atoms with van der Waals surface area (Å²) in [5.41, 5.74) is 3.23. The Morgan fingerprint density at radius 3 is 2.33 bits per heavy atom. The van der Waals surface area contributed by atoms with Crippen LogP contribution in [0.25, 0.3) is 11.3 Å². The van der Waals surface area contributed by atoms with Crippen LogP contribution >= 0.6 is 0 Å². The van der Waals surface area contributed by atoms with Crippen LogP contribution in [0.2, 0.25) is 0 Å². The normalized spacial score (nSPS) is 11.5. The molecule has 1 heterocycles. The minimum absolute atomic E-state index is 0.198. The van der Waals surface area contributed by atoms with E-state index in [4.69, 9.17) is 4.42 Å². The van der Waals surface area contributed by atoms with Gasteiger partial charge in [-0.05, 0) is 55.3 Å². The Hall–Kier alpha value is -2.60. The molecule has 6 heteroatoms.